The Labute approximate surface area is 187 Å². The largest absolute Gasteiger partial charge is 0.478 e. The minimum atomic E-state index is -3.52. The second-order valence-corrected chi connectivity index (χ2v) is 10.6. The highest BCUT2D eigenvalue weighted by atomic mass is 35.5. The number of hydrogen-bond donors (Lipinski definition) is 1. The van der Waals surface area contributed by atoms with Crippen molar-refractivity contribution in [3.63, 3.8) is 0 Å². The van der Waals surface area contributed by atoms with Crippen molar-refractivity contribution in [2.75, 3.05) is 29.4 Å². The molecule has 1 aliphatic heterocycles. The number of sulfonamides is 1. The molecule has 2 aromatic carbocycles. The van der Waals surface area contributed by atoms with Gasteiger partial charge in [0.15, 0.2) is 6.10 Å². The Balaban J connectivity index is 1.56. The zero-order valence-electron chi connectivity index (χ0n) is 16.9. The maximum atomic E-state index is 12.6. The van der Waals surface area contributed by atoms with Crippen LogP contribution in [0.3, 0.4) is 0 Å². The Morgan fingerprint density at radius 3 is 2.83 bits per heavy atom. The molecule has 162 valence electrons. The summed E-state index contributed by atoms with van der Waals surface area (Å²) in [7, 11) is -3.52. The van der Waals surface area contributed by atoms with Crippen LogP contribution in [0, 0.1) is 6.92 Å². The van der Waals surface area contributed by atoms with E-state index in [2.05, 4.69) is 30.4 Å². The number of fused-ring (bicyclic) bond motifs is 1. The van der Waals surface area contributed by atoms with E-state index in [0.29, 0.717) is 23.0 Å². The molecule has 3 rings (SSSR count). The highest BCUT2D eigenvalue weighted by molar-refractivity contribution is 7.98. The lowest BCUT2D eigenvalue weighted by Gasteiger charge is -2.21. The van der Waals surface area contributed by atoms with Gasteiger partial charge in [0, 0.05) is 36.0 Å². The summed E-state index contributed by atoms with van der Waals surface area (Å²) in [5, 5.41) is 3.30. The third-order valence-electron chi connectivity index (χ3n) is 4.64. The van der Waals surface area contributed by atoms with Gasteiger partial charge in [-0.2, -0.15) is 11.8 Å². The van der Waals surface area contributed by atoms with E-state index in [4.69, 9.17) is 16.3 Å². The molecule has 0 saturated heterocycles. The van der Waals surface area contributed by atoms with Crippen LogP contribution in [-0.4, -0.2) is 45.5 Å². The van der Waals surface area contributed by atoms with Crippen molar-refractivity contribution in [2.24, 2.45) is 0 Å². The van der Waals surface area contributed by atoms with Crippen molar-refractivity contribution in [2.45, 2.75) is 25.2 Å². The topological polar surface area (TPSA) is 75.7 Å². The van der Waals surface area contributed by atoms with E-state index in [1.54, 1.807) is 30.0 Å². The molecule has 9 heteroatoms. The van der Waals surface area contributed by atoms with E-state index in [1.165, 1.54) is 15.4 Å². The molecule has 30 heavy (non-hydrogen) atoms. The molecule has 1 atom stereocenters. The lowest BCUT2D eigenvalue weighted by molar-refractivity contribution is -0.127. The second-order valence-electron chi connectivity index (χ2n) is 7.18. The number of benzene rings is 2. The number of amides is 1. The number of halogens is 1. The number of thioether (sulfide) groups is 1. The number of ether oxygens (including phenoxy) is 1. The van der Waals surface area contributed by atoms with Gasteiger partial charge in [0.05, 0.1) is 11.9 Å². The summed E-state index contributed by atoms with van der Waals surface area (Å²) in [5.74, 6) is 1.74. The van der Waals surface area contributed by atoms with E-state index < -0.39 is 16.1 Å². The number of nitrogens with zero attached hydrogens (tertiary/aromatic N) is 1. The highest BCUT2D eigenvalue weighted by Crippen LogP contribution is 2.36. The Bertz CT molecular complexity index is 1010. The molecule has 1 heterocycles. The predicted octanol–water partition coefficient (Wildman–Crippen LogP) is 3.62. The Kier molecular flexibility index (Phi) is 7.55. The van der Waals surface area contributed by atoms with Crippen molar-refractivity contribution in [1.29, 1.82) is 0 Å². The van der Waals surface area contributed by atoms with E-state index in [-0.39, 0.29) is 18.9 Å². The lowest BCUT2D eigenvalue weighted by Crippen LogP contribution is -2.40. The number of hydrogen-bond acceptors (Lipinski definition) is 5. The summed E-state index contributed by atoms with van der Waals surface area (Å²) in [6.07, 6.45) is 0.615. The summed E-state index contributed by atoms with van der Waals surface area (Å²) >= 11 is 7.78. The zero-order valence-corrected chi connectivity index (χ0v) is 19.3. The van der Waals surface area contributed by atoms with Gasteiger partial charge in [0.2, 0.25) is 10.0 Å². The Morgan fingerprint density at radius 1 is 1.30 bits per heavy atom. The zero-order chi connectivity index (χ0) is 21.7. The van der Waals surface area contributed by atoms with Gasteiger partial charge in [-0.05, 0) is 30.7 Å². The Hall–Kier alpha value is -1.90. The molecule has 0 aliphatic carbocycles. The minimum Gasteiger partial charge on any atom is -0.478 e. The van der Waals surface area contributed by atoms with Crippen LogP contribution in [0.5, 0.6) is 5.75 Å². The monoisotopic (exact) mass is 468 g/mol. The molecule has 1 amide bonds. The molecule has 0 aromatic heterocycles. The van der Waals surface area contributed by atoms with Crippen LogP contribution in [0.4, 0.5) is 5.69 Å². The van der Waals surface area contributed by atoms with E-state index in [0.717, 1.165) is 17.8 Å². The summed E-state index contributed by atoms with van der Waals surface area (Å²) in [5.41, 5.74) is 2.85. The average molecular weight is 469 g/mol. The minimum absolute atomic E-state index is 0.145. The molecular weight excluding hydrogens is 444 g/mol. The third-order valence-corrected chi connectivity index (χ3v) is 7.09. The van der Waals surface area contributed by atoms with Crippen LogP contribution < -0.4 is 14.4 Å². The fourth-order valence-corrected chi connectivity index (χ4v) is 5.14. The fraction of sp³-hybridized carbons (Fsp3) is 0.381. The first-order valence-corrected chi connectivity index (χ1v) is 13.0. The van der Waals surface area contributed by atoms with Crippen LogP contribution in [-0.2, 0) is 20.6 Å². The van der Waals surface area contributed by atoms with Crippen molar-refractivity contribution in [1.82, 2.24) is 5.32 Å². The molecule has 0 radical (unpaired) electrons. The third kappa shape index (κ3) is 6.06. The predicted molar refractivity (Wildman–Crippen MR) is 123 cm³/mol. The van der Waals surface area contributed by atoms with Crippen molar-refractivity contribution >= 4 is 45.0 Å². The fourth-order valence-electron chi connectivity index (χ4n) is 3.23. The van der Waals surface area contributed by atoms with Gasteiger partial charge in [-0.3, -0.25) is 9.10 Å². The van der Waals surface area contributed by atoms with Gasteiger partial charge in [-0.25, -0.2) is 8.42 Å². The number of nitrogens with one attached hydrogen (secondary N) is 1. The van der Waals surface area contributed by atoms with Gasteiger partial charge >= 0.3 is 0 Å². The summed E-state index contributed by atoms with van der Waals surface area (Å²) < 4.78 is 31.5. The highest BCUT2D eigenvalue weighted by Gasteiger charge is 2.31. The summed E-state index contributed by atoms with van der Waals surface area (Å²) in [4.78, 5) is 12.6. The first-order valence-electron chi connectivity index (χ1n) is 9.59. The first kappa shape index (κ1) is 22.8. The normalized spacial score (nSPS) is 16.4. The molecule has 0 saturated carbocycles. The van der Waals surface area contributed by atoms with E-state index in [9.17, 15) is 13.2 Å². The smallest absolute Gasteiger partial charge is 0.261 e. The number of carbonyl (C=O) groups is 1. The number of rotatable bonds is 7. The summed E-state index contributed by atoms with van der Waals surface area (Å²) in [6.45, 7) is 2.73. The molecule has 1 aliphatic rings. The quantitative estimate of drug-likeness (QED) is 0.628. The lowest BCUT2D eigenvalue weighted by atomic mass is 10.2. The van der Waals surface area contributed by atoms with Crippen molar-refractivity contribution in [3.8, 4) is 5.75 Å². The molecule has 0 bridgehead atoms. The summed E-state index contributed by atoms with van der Waals surface area (Å²) in [6, 6.07) is 13.1. The SMILES string of the molecule is Cc1cccc(CSCCNC(=O)C2CCN(S(C)(=O)=O)c3cc(Cl)ccc3O2)c1. The molecule has 0 spiro atoms. The number of aryl methyl sites for hydroxylation is 1. The maximum Gasteiger partial charge on any atom is 0.261 e. The number of carbonyl (C=O) groups excluding carboxylic acids is 1. The number of anilines is 1. The van der Waals surface area contributed by atoms with Gasteiger partial charge in [-0.15, -0.1) is 0 Å². The maximum absolute atomic E-state index is 12.6. The Morgan fingerprint density at radius 2 is 2.10 bits per heavy atom. The molecular formula is C21H25ClN2O4S2. The van der Waals surface area contributed by atoms with Gasteiger partial charge < -0.3 is 10.1 Å². The second kappa shape index (κ2) is 9.94. The van der Waals surface area contributed by atoms with Gasteiger partial charge in [-0.1, -0.05) is 41.4 Å². The van der Waals surface area contributed by atoms with Crippen LogP contribution in [0.25, 0.3) is 0 Å². The molecule has 1 N–H and O–H groups in total. The first-order chi connectivity index (χ1) is 14.2. The molecule has 0 fully saturated rings. The van der Waals surface area contributed by atoms with Gasteiger partial charge in [0.1, 0.15) is 5.75 Å². The average Bonchev–Trinajstić information content (AvgIpc) is 2.87. The van der Waals surface area contributed by atoms with Crippen LogP contribution >= 0.6 is 23.4 Å². The standard InChI is InChI=1S/C21H25ClN2O4S2/c1-15-4-3-5-16(12-15)14-29-11-9-23-21(25)20-8-10-24(30(2,26)27)18-13-17(22)6-7-19(18)28-20/h3-7,12-13,20H,8-11,14H2,1-2H3,(H,23,25). The van der Waals surface area contributed by atoms with E-state index >= 15 is 0 Å². The van der Waals surface area contributed by atoms with Crippen molar-refractivity contribution < 1.29 is 17.9 Å². The molecule has 1 unspecified atom stereocenters. The van der Waals surface area contributed by atoms with Crippen molar-refractivity contribution in [3.05, 3.63) is 58.6 Å². The van der Waals surface area contributed by atoms with Crippen LogP contribution in [0.15, 0.2) is 42.5 Å². The van der Waals surface area contributed by atoms with Crippen LogP contribution in [0.1, 0.15) is 17.5 Å². The van der Waals surface area contributed by atoms with E-state index in [1.807, 2.05) is 6.07 Å². The molecule has 2 aromatic rings. The van der Waals surface area contributed by atoms with Crippen LogP contribution in [0.2, 0.25) is 5.02 Å². The molecule has 6 nitrogen and oxygen atoms in total. The van der Waals surface area contributed by atoms with Gasteiger partial charge in [0.25, 0.3) is 5.91 Å².